The monoisotopic (exact) mass is 195 g/mol. The van der Waals surface area contributed by atoms with Crippen LogP contribution < -0.4 is 5.32 Å². The third-order valence-corrected chi connectivity index (χ3v) is 1.78. The van der Waals surface area contributed by atoms with E-state index in [1.807, 2.05) is 12.1 Å². The number of benzene rings is 1. The Hall–Kier alpha value is -1.28. The van der Waals surface area contributed by atoms with Crippen LogP contribution in [0.15, 0.2) is 36.4 Å². The molecule has 0 saturated heterocycles. The number of amides is 1. The van der Waals surface area contributed by atoms with Crippen LogP contribution in [-0.4, -0.2) is 5.91 Å². The second-order valence-electron chi connectivity index (χ2n) is 2.47. The largest absolute Gasteiger partial charge is 0.321 e. The number of hydrogen-bond acceptors (Lipinski definition) is 1. The molecular formula is C10H10ClNO. The van der Waals surface area contributed by atoms with Gasteiger partial charge in [0.25, 0.3) is 0 Å². The minimum Gasteiger partial charge on any atom is -0.321 e. The summed E-state index contributed by atoms with van der Waals surface area (Å²) >= 11 is 5.83. The Balaban J connectivity index is 2.74. The fraction of sp³-hybridized carbons (Fsp3) is 0.100. The van der Waals surface area contributed by atoms with E-state index in [0.717, 1.165) is 0 Å². The molecule has 0 bridgehead atoms. The van der Waals surface area contributed by atoms with Crippen molar-refractivity contribution in [1.29, 1.82) is 0 Å². The van der Waals surface area contributed by atoms with Crippen LogP contribution >= 0.6 is 11.6 Å². The molecule has 0 aliphatic carbocycles. The molecule has 3 heteroatoms. The predicted molar refractivity (Wildman–Crippen MR) is 54.9 cm³/mol. The number of anilines is 1. The van der Waals surface area contributed by atoms with Crippen LogP contribution in [0, 0.1) is 0 Å². The molecule has 0 heterocycles. The lowest BCUT2D eigenvalue weighted by Crippen LogP contribution is -2.07. The van der Waals surface area contributed by atoms with Crippen molar-refractivity contribution < 1.29 is 4.79 Å². The van der Waals surface area contributed by atoms with Gasteiger partial charge >= 0.3 is 0 Å². The van der Waals surface area contributed by atoms with E-state index < -0.39 is 0 Å². The Morgan fingerprint density at radius 3 is 2.77 bits per heavy atom. The first-order valence-corrected chi connectivity index (χ1v) is 4.30. The average Bonchev–Trinajstić information content (AvgIpc) is 2.09. The number of para-hydroxylation sites is 1. The molecule has 2 nitrogen and oxygen atoms in total. The quantitative estimate of drug-likeness (QED) is 0.723. The van der Waals surface area contributed by atoms with Crippen LogP contribution in [0.2, 0.25) is 5.02 Å². The molecule has 0 aliphatic rings. The average molecular weight is 196 g/mol. The SMILES string of the molecule is CC=CC(=O)Nc1ccccc1Cl. The van der Waals surface area contributed by atoms with Crippen LogP contribution in [0.3, 0.4) is 0 Å². The van der Waals surface area contributed by atoms with Crippen molar-refractivity contribution in [3.8, 4) is 0 Å². The summed E-state index contributed by atoms with van der Waals surface area (Å²) in [6, 6.07) is 7.11. The summed E-state index contributed by atoms with van der Waals surface area (Å²) in [4.78, 5) is 11.1. The van der Waals surface area contributed by atoms with Crippen molar-refractivity contribution >= 4 is 23.2 Å². The van der Waals surface area contributed by atoms with Crippen LogP contribution in [-0.2, 0) is 4.79 Å². The lowest BCUT2D eigenvalue weighted by molar-refractivity contribution is -0.111. The number of allylic oxidation sites excluding steroid dienone is 1. The molecule has 1 rings (SSSR count). The van der Waals surface area contributed by atoms with Crippen molar-refractivity contribution in [2.24, 2.45) is 0 Å². The summed E-state index contributed by atoms with van der Waals surface area (Å²) in [5, 5.41) is 3.20. The topological polar surface area (TPSA) is 29.1 Å². The Bertz CT molecular complexity index is 333. The van der Waals surface area contributed by atoms with Crippen LogP contribution in [0.5, 0.6) is 0 Å². The van der Waals surface area contributed by atoms with Gasteiger partial charge in [0, 0.05) is 0 Å². The van der Waals surface area contributed by atoms with Crippen molar-refractivity contribution in [3.63, 3.8) is 0 Å². The van der Waals surface area contributed by atoms with Gasteiger partial charge in [0.1, 0.15) is 0 Å². The van der Waals surface area contributed by atoms with Crippen LogP contribution in [0.25, 0.3) is 0 Å². The molecule has 0 radical (unpaired) electrons. The van der Waals surface area contributed by atoms with E-state index in [4.69, 9.17) is 11.6 Å². The molecule has 0 saturated carbocycles. The molecule has 0 atom stereocenters. The first kappa shape index (κ1) is 9.81. The second-order valence-corrected chi connectivity index (χ2v) is 2.88. The normalized spacial score (nSPS) is 10.3. The van der Waals surface area contributed by atoms with E-state index in [-0.39, 0.29) is 5.91 Å². The van der Waals surface area contributed by atoms with E-state index >= 15 is 0 Å². The van der Waals surface area contributed by atoms with Gasteiger partial charge in [-0.2, -0.15) is 0 Å². The van der Waals surface area contributed by atoms with E-state index in [1.165, 1.54) is 6.08 Å². The summed E-state index contributed by atoms with van der Waals surface area (Å²) in [5.74, 6) is -0.171. The van der Waals surface area contributed by atoms with Crippen LogP contribution in [0.4, 0.5) is 5.69 Å². The Morgan fingerprint density at radius 2 is 2.15 bits per heavy atom. The van der Waals surface area contributed by atoms with Gasteiger partial charge in [0.05, 0.1) is 10.7 Å². The summed E-state index contributed by atoms with van der Waals surface area (Å²) < 4.78 is 0. The number of carbonyl (C=O) groups is 1. The third-order valence-electron chi connectivity index (χ3n) is 1.45. The van der Waals surface area contributed by atoms with Gasteiger partial charge in [-0.1, -0.05) is 29.8 Å². The second kappa shape index (κ2) is 4.67. The van der Waals surface area contributed by atoms with E-state index in [0.29, 0.717) is 10.7 Å². The highest BCUT2D eigenvalue weighted by molar-refractivity contribution is 6.33. The fourth-order valence-corrected chi connectivity index (χ4v) is 1.07. The van der Waals surface area contributed by atoms with E-state index in [2.05, 4.69) is 5.32 Å². The minimum absolute atomic E-state index is 0.171. The van der Waals surface area contributed by atoms with Crippen molar-refractivity contribution in [2.45, 2.75) is 6.92 Å². The summed E-state index contributed by atoms with van der Waals surface area (Å²) in [6.45, 7) is 1.78. The molecule has 1 N–H and O–H groups in total. The zero-order chi connectivity index (χ0) is 9.68. The maximum atomic E-state index is 11.1. The van der Waals surface area contributed by atoms with Gasteiger partial charge in [0.15, 0.2) is 0 Å². The third kappa shape index (κ3) is 2.92. The lowest BCUT2D eigenvalue weighted by atomic mass is 10.3. The molecular weight excluding hydrogens is 186 g/mol. The minimum atomic E-state index is -0.171. The Morgan fingerprint density at radius 1 is 1.46 bits per heavy atom. The zero-order valence-electron chi connectivity index (χ0n) is 7.25. The highest BCUT2D eigenvalue weighted by Gasteiger charge is 2.00. The highest BCUT2D eigenvalue weighted by atomic mass is 35.5. The standard InChI is InChI=1S/C10H10ClNO/c1-2-5-10(13)12-9-7-4-3-6-8(9)11/h2-7H,1H3,(H,12,13). The molecule has 1 aromatic carbocycles. The van der Waals surface area contributed by atoms with Gasteiger partial charge in [-0.25, -0.2) is 0 Å². The van der Waals surface area contributed by atoms with E-state index in [9.17, 15) is 4.79 Å². The maximum Gasteiger partial charge on any atom is 0.248 e. The molecule has 0 aromatic heterocycles. The Labute approximate surface area is 82.2 Å². The number of carbonyl (C=O) groups excluding carboxylic acids is 1. The van der Waals surface area contributed by atoms with Gasteiger partial charge < -0.3 is 5.32 Å². The van der Waals surface area contributed by atoms with Crippen molar-refractivity contribution in [1.82, 2.24) is 0 Å². The summed E-state index contributed by atoms with van der Waals surface area (Å²) in [7, 11) is 0. The molecule has 13 heavy (non-hydrogen) atoms. The first-order valence-electron chi connectivity index (χ1n) is 3.92. The number of rotatable bonds is 2. The molecule has 1 aromatic rings. The lowest BCUT2D eigenvalue weighted by Gasteiger charge is -2.03. The summed E-state index contributed by atoms with van der Waals surface area (Å²) in [5.41, 5.74) is 0.632. The molecule has 0 aliphatic heterocycles. The molecule has 0 spiro atoms. The predicted octanol–water partition coefficient (Wildman–Crippen LogP) is 2.85. The molecule has 0 unspecified atom stereocenters. The first-order chi connectivity index (χ1) is 6.24. The smallest absolute Gasteiger partial charge is 0.248 e. The van der Waals surface area contributed by atoms with Gasteiger partial charge in [0.2, 0.25) is 5.91 Å². The maximum absolute atomic E-state index is 11.1. The summed E-state index contributed by atoms with van der Waals surface area (Å²) in [6.07, 6.45) is 3.12. The van der Waals surface area contributed by atoms with Gasteiger partial charge in [-0.05, 0) is 25.1 Å². The number of halogens is 1. The van der Waals surface area contributed by atoms with Gasteiger partial charge in [-0.15, -0.1) is 0 Å². The zero-order valence-corrected chi connectivity index (χ0v) is 8.01. The number of hydrogen-bond donors (Lipinski definition) is 1. The van der Waals surface area contributed by atoms with Crippen molar-refractivity contribution in [2.75, 3.05) is 5.32 Å². The molecule has 0 fully saturated rings. The Kier molecular flexibility index (Phi) is 3.53. The van der Waals surface area contributed by atoms with E-state index in [1.54, 1.807) is 25.1 Å². The fourth-order valence-electron chi connectivity index (χ4n) is 0.888. The van der Waals surface area contributed by atoms with Crippen molar-refractivity contribution in [3.05, 3.63) is 41.4 Å². The van der Waals surface area contributed by atoms with Crippen LogP contribution in [0.1, 0.15) is 6.92 Å². The highest BCUT2D eigenvalue weighted by Crippen LogP contribution is 2.20. The van der Waals surface area contributed by atoms with Gasteiger partial charge in [-0.3, -0.25) is 4.79 Å². The molecule has 68 valence electrons. The molecule has 1 amide bonds. The number of nitrogens with one attached hydrogen (secondary N) is 1.